The highest BCUT2D eigenvalue weighted by atomic mass is 35.5. The molecule has 1 aromatic carbocycles. The molecular weight excluding hydrogens is 244 g/mol. The number of carbonyl (C=O) groups excluding carboxylic acids is 2. The first-order valence-corrected chi connectivity index (χ1v) is 5.59. The molecule has 0 radical (unpaired) electrons. The minimum atomic E-state index is -0.395. The number of ether oxygens (including phenoxy) is 2. The second-order valence-electron chi connectivity index (χ2n) is 3.29. The van der Waals surface area contributed by atoms with Gasteiger partial charge in [-0.15, -0.1) is 11.6 Å². The molecule has 0 saturated heterocycles. The molecule has 1 aromatic rings. The van der Waals surface area contributed by atoms with E-state index in [-0.39, 0.29) is 24.7 Å². The molecule has 4 nitrogen and oxygen atoms in total. The average Bonchev–Trinajstić information content (AvgIpc) is 2.38. The normalized spacial score (nSPS) is 9.76. The van der Waals surface area contributed by atoms with Crippen molar-refractivity contribution in [2.45, 2.75) is 6.42 Å². The summed E-state index contributed by atoms with van der Waals surface area (Å²) in [5.41, 5.74) is 0.455. The Morgan fingerprint density at radius 1 is 1.24 bits per heavy atom. The minimum Gasteiger partial charge on any atom is -0.493 e. The quantitative estimate of drug-likeness (QED) is 0.577. The molecule has 0 heterocycles. The van der Waals surface area contributed by atoms with Gasteiger partial charge in [-0.1, -0.05) is 0 Å². The highest BCUT2D eigenvalue weighted by Crippen LogP contribution is 2.13. The maximum Gasteiger partial charge on any atom is 0.337 e. The van der Waals surface area contributed by atoms with E-state index in [1.165, 1.54) is 7.11 Å². The van der Waals surface area contributed by atoms with Crippen molar-refractivity contribution in [3.63, 3.8) is 0 Å². The van der Waals surface area contributed by atoms with Gasteiger partial charge in [0.15, 0.2) is 5.78 Å². The Hall–Kier alpha value is -1.55. The Labute approximate surface area is 104 Å². The van der Waals surface area contributed by atoms with Gasteiger partial charge in [0, 0.05) is 6.42 Å². The summed E-state index contributed by atoms with van der Waals surface area (Å²) in [7, 11) is 1.32. The van der Waals surface area contributed by atoms with Crippen LogP contribution >= 0.6 is 11.6 Å². The Kier molecular flexibility index (Phi) is 5.49. The smallest absolute Gasteiger partial charge is 0.337 e. The molecule has 0 aliphatic rings. The lowest BCUT2D eigenvalue weighted by atomic mass is 10.2. The molecule has 0 spiro atoms. The van der Waals surface area contributed by atoms with Crippen LogP contribution in [0.15, 0.2) is 24.3 Å². The molecule has 0 amide bonds. The molecule has 0 atom stereocenters. The molecule has 0 aromatic heterocycles. The summed E-state index contributed by atoms with van der Waals surface area (Å²) < 4.78 is 9.88. The van der Waals surface area contributed by atoms with E-state index in [1.54, 1.807) is 24.3 Å². The Bertz CT molecular complexity index is 386. The lowest BCUT2D eigenvalue weighted by molar-refractivity contribution is -0.117. The number of Topliss-reactive ketones (excluding diaryl/α,β-unsaturated/α-hetero) is 1. The summed E-state index contributed by atoms with van der Waals surface area (Å²) in [6.07, 6.45) is 0.280. The van der Waals surface area contributed by atoms with E-state index in [1.807, 2.05) is 0 Å². The number of halogens is 1. The third-order valence-corrected chi connectivity index (χ3v) is 2.37. The fourth-order valence-corrected chi connectivity index (χ4v) is 1.29. The van der Waals surface area contributed by atoms with Crippen LogP contribution in [0.1, 0.15) is 16.8 Å². The maximum atomic E-state index is 11.1. The van der Waals surface area contributed by atoms with Crippen molar-refractivity contribution < 1.29 is 19.1 Å². The minimum absolute atomic E-state index is 0.00460. The van der Waals surface area contributed by atoms with Crippen LogP contribution in [0, 0.1) is 0 Å². The van der Waals surface area contributed by atoms with Crippen LogP contribution < -0.4 is 4.74 Å². The first kappa shape index (κ1) is 13.5. The summed E-state index contributed by atoms with van der Waals surface area (Å²) in [5, 5.41) is 0. The second kappa shape index (κ2) is 6.91. The molecular formula is C12H13ClO4. The van der Waals surface area contributed by atoms with Crippen LogP contribution in [-0.2, 0) is 9.53 Å². The third kappa shape index (κ3) is 4.44. The number of benzene rings is 1. The van der Waals surface area contributed by atoms with Crippen LogP contribution in [0.5, 0.6) is 5.75 Å². The monoisotopic (exact) mass is 256 g/mol. The standard InChI is InChI=1S/C12H13ClO4/c1-16-12(15)9-2-4-11(5-3-9)17-7-6-10(14)8-13/h2-5H,6-8H2,1H3. The number of rotatable bonds is 6. The van der Waals surface area contributed by atoms with E-state index in [4.69, 9.17) is 16.3 Å². The topological polar surface area (TPSA) is 52.6 Å². The van der Waals surface area contributed by atoms with Gasteiger partial charge in [0.25, 0.3) is 0 Å². The number of alkyl halides is 1. The van der Waals surface area contributed by atoms with Gasteiger partial charge in [0.05, 0.1) is 25.2 Å². The van der Waals surface area contributed by atoms with Crippen molar-refractivity contribution in [2.75, 3.05) is 19.6 Å². The highest BCUT2D eigenvalue weighted by Gasteiger charge is 2.05. The van der Waals surface area contributed by atoms with Gasteiger partial charge in [0.1, 0.15) is 5.75 Å². The lowest BCUT2D eigenvalue weighted by Crippen LogP contribution is -2.07. The SMILES string of the molecule is COC(=O)c1ccc(OCCC(=O)CCl)cc1. The van der Waals surface area contributed by atoms with Crippen molar-refractivity contribution in [1.82, 2.24) is 0 Å². The van der Waals surface area contributed by atoms with Crippen LogP contribution in [0.25, 0.3) is 0 Å². The van der Waals surface area contributed by atoms with Gasteiger partial charge in [0.2, 0.25) is 0 Å². The molecule has 0 saturated carbocycles. The molecule has 0 aliphatic heterocycles. The third-order valence-electron chi connectivity index (χ3n) is 2.07. The largest absolute Gasteiger partial charge is 0.493 e. The number of ketones is 1. The van der Waals surface area contributed by atoms with E-state index in [0.29, 0.717) is 11.3 Å². The molecule has 0 unspecified atom stereocenters. The number of hydrogen-bond donors (Lipinski definition) is 0. The fraction of sp³-hybridized carbons (Fsp3) is 0.333. The summed E-state index contributed by atoms with van der Waals surface area (Å²) >= 11 is 5.35. The molecule has 0 bridgehead atoms. The molecule has 1 rings (SSSR count). The lowest BCUT2D eigenvalue weighted by Gasteiger charge is -2.05. The summed E-state index contributed by atoms with van der Waals surface area (Å²) in [5.74, 6) is 0.150. The van der Waals surface area contributed by atoms with Crippen molar-refractivity contribution in [3.8, 4) is 5.75 Å². The van der Waals surface area contributed by atoms with Crippen LogP contribution in [0.4, 0.5) is 0 Å². The Morgan fingerprint density at radius 2 is 1.88 bits per heavy atom. The van der Waals surface area contributed by atoms with E-state index < -0.39 is 5.97 Å². The predicted molar refractivity (Wildman–Crippen MR) is 63.6 cm³/mol. The molecule has 17 heavy (non-hydrogen) atoms. The second-order valence-corrected chi connectivity index (χ2v) is 3.55. The number of carbonyl (C=O) groups is 2. The Morgan fingerprint density at radius 3 is 2.41 bits per heavy atom. The predicted octanol–water partition coefficient (Wildman–Crippen LogP) is 2.05. The van der Waals surface area contributed by atoms with E-state index in [2.05, 4.69) is 4.74 Å². The Balaban J connectivity index is 2.46. The van der Waals surface area contributed by atoms with Crippen molar-refractivity contribution >= 4 is 23.4 Å². The molecule has 5 heteroatoms. The highest BCUT2D eigenvalue weighted by molar-refractivity contribution is 6.27. The first-order valence-electron chi connectivity index (χ1n) is 5.06. The average molecular weight is 257 g/mol. The summed E-state index contributed by atoms with van der Waals surface area (Å²) in [4.78, 5) is 22.1. The van der Waals surface area contributed by atoms with Crippen LogP contribution in [0.2, 0.25) is 0 Å². The zero-order valence-corrected chi connectivity index (χ0v) is 10.2. The van der Waals surface area contributed by atoms with Gasteiger partial charge in [-0.05, 0) is 24.3 Å². The van der Waals surface area contributed by atoms with E-state index in [9.17, 15) is 9.59 Å². The molecule has 0 aliphatic carbocycles. The van der Waals surface area contributed by atoms with Gasteiger partial charge < -0.3 is 9.47 Å². The summed E-state index contributed by atoms with van der Waals surface area (Å²) in [6, 6.07) is 6.50. The summed E-state index contributed by atoms with van der Waals surface area (Å²) in [6.45, 7) is 0.281. The van der Waals surface area contributed by atoms with E-state index in [0.717, 1.165) is 0 Å². The number of hydrogen-bond acceptors (Lipinski definition) is 4. The molecule has 0 N–H and O–H groups in total. The van der Waals surface area contributed by atoms with E-state index >= 15 is 0 Å². The van der Waals surface area contributed by atoms with Gasteiger partial charge in [-0.25, -0.2) is 4.79 Å². The van der Waals surface area contributed by atoms with Crippen LogP contribution in [-0.4, -0.2) is 31.3 Å². The number of methoxy groups -OCH3 is 1. The van der Waals surface area contributed by atoms with Gasteiger partial charge in [-0.3, -0.25) is 4.79 Å². The molecule has 92 valence electrons. The fourth-order valence-electron chi connectivity index (χ4n) is 1.15. The molecule has 0 fully saturated rings. The number of esters is 1. The van der Waals surface area contributed by atoms with Crippen molar-refractivity contribution in [2.24, 2.45) is 0 Å². The maximum absolute atomic E-state index is 11.1. The first-order chi connectivity index (χ1) is 8.17. The van der Waals surface area contributed by atoms with Gasteiger partial charge in [-0.2, -0.15) is 0 Å². The van der Waals surface area contributed by atoms with Crippen LogP contribution in [0.3, 0.4) is 0 Å². The zero-order chi connectivity index (χ0) is 12.7. The van der Waals surface area contributed by atoms with Crippen molar-refractivity contribution in [1.29, 1.82) is 0 Å². The zero-order valence-electron chi connectivity index (χ0n) is 9.44. The van der Waals surface area contributed by atoms with Crippen molar-refractivity contribution in [3.05, 3.63) is 29.8 Å². The van der Waals surface area contributed by atoms with Gasteiger partial charge >= 0.3 is 5.97 Å².